The van der Waals surface area contributed by atoms with Crippen LogP contribution in [0.3, 0.4) is 0 Å². The number of imidazole rings is 1. The number of carbonyl (C=O) groups excluding carboxylic acids is 2. The van der Waals surface area contributed by atoms with E-state index in [1.54, 1.807) is 30.5 Å². The Morgan fingerprint density at radius 2 is 1.85 bits per heavy atom. The lowest BCUT2D eigenvalue weighted by atomic mass is 10.0. The van der Waals surface area contributed by atoms with Crippen molar-refractivity contribution in [2.75, 3.05) is 5.32 Å². The summed E-state index contributed by atoms with van der Waals surface area (Å²) in [6, 6.07) is 10.5. The van der Waals surface area contributed by atoms with Crippen LogP contribution in [0.1, 0.15) is 46.2 Å². The molecule has 0 atom stereocenters. The number of hydrogen-bond acceptors (Lipinski definition) is 4. The summed E-state index contributed by atoms with van der Waals surface area (Å²) in [5.41, 5.74) is 8.27. The highest BCUT2D eigenvalue weighted by molar-refractivity contribution is 6.04. The molecule has 0 radical (unpaired) electrons. The molecule has 7 nitrogen and oxygen atoms in total. The Bertz CT molecular complexity index is 945. The van der Waals surface area contributed by atoms with Crippen LogP contribution in [0.5, 0.6) is 0 Å². The van der Waals surface area contributed by atoms with Crippen LogP contribution in [0.25, 0.3) is 11.3 Å². The maximum absolute atomic E-state index is 12.4. The summed E-state index contributed by atoms with van der Waals surface area (Å²) in [5.74, 6) is 0.00682. The fourth-order valence-corrected chi connectivity index (χ4v) is 2.54. The van der Waals surface area contributed by atoms with Gasteiger partial charge < -0.3 is 16.0 Å². The van der Waals surface area contributed by atoms with E-state index in [4.69, 9.17) is 5.73 Å². The number of aromatic nitrogens is 3. The molecule has 0 saturated carbocycles. The number of benzene rings is 1. The Balaban J connectivity index is 1.78. The summed E-state index contributed by atoms with van der Waals surface area (Å²) in [6.07, 6.45) is 3.08. The molecule has 1 aromatic carbocycles. The standard InChI is InChI=1S/C19H19N5O2/c1-11(2)14-7-8-21-15(9-14)24-19(26)13-5-3-12(4-6-13)16-17(18(20)25)23-10-22-16/h3-11H,1-2H3,(H2,20,25)(H,22,23)(H,21,24,26). The minimum Gasteiger partial charge on any atom is -0.364 e. The maximum Gasteiger partial charge on any atom is 0.267 e. The highest BCUT2D eigenvalue weighted by Crippen LogP contribution is 2.21. The van der Waals surface area contributed by atoms with E-state index < -0.39 is 5.91 Å². The zero-order chi connectivity index (χ0) is 18.7. The lowest BCUT2D eigenvalue weighted by Crippen LogP contribution is -2.13. The van der Waals surface area contributed by atoms with Gasteiger partial charge in [-0.1, -0.05) is 26.0 Å². The van der Waals surface area contributed by atoms with E-state index in [9.17, 15) is 9.59 Å². The van der Waals surface area contributed by atoms with Gasteiger partial charge in [-0.2, -0.15) is 0 Å². The van der Waals surface area contributed by atoms with Crippen LogP contribution in [-0.2, 0) is 0 Å². The molecule has 2 heterocycles. The second-order valence-corrected chi connectivity index (χ2v) is 6.15. The number of amides is 2. The lowest BCUT2D eigenvalue weighted by Gasteiger charge is -2.09. The summed E-state index contributed by atoms with van der Waals surface area (Å²) in [5, 5.41) is 2.79. The second kappa shape index (κ2) is 7.18. The Morgan fingerprint density at radius 1 is 1.12 bits per heavy atom. The minimum absolute atomic E-state index is 0.233. The first kappa shape index (κ1) is 17.3. The molecule has 0 aliphatic rings. The van der Waals surface area contributed by atoms with Gasteiger partial charge in [-0.3, -0.25) is 9.59 Å². The number of anilines is 1. The summed E-state index contributed by atoms with van der Waals surface area (Å²) in [4.78, 5) is 34.8. The van der Waals surface area contributed by atoms with Crippen LogP contribution >= 0.6 is 0 Å². The van der Waals surface area contributed by atoms with Crippen molar-refractivity contribution in [1.82, 2.24) is 15.0 Å². The molecule has 3 aromatic rings. The number of nitrogens with two attached hydrogens (primary N) is 1. The van der Waals surface area contributed by atoms with Crippen molar-refractivity contribution in [3.8, 4) is 11.3 Å². The molecule has 0 fully saturated rings. The highest BCUT2D eigenvalue weighted by atomic mass is 16.2. The average molecular weight is 349 g/mol. The van der Waals surface area contributed by atoms with Crippen LogP contribution in [0.15, 0.2) is 48.9 Å². The van der Waals surface area contributed by atoms with Gasteiger partial charge in [0.25, 0.3) is 11.8 Å². The van der Waals surface area contributed by atoms with Crippen molar-refractivity contribution in [2.24, 2.45) is 5.73 Å². The monoisotopic (exact) mass is 349 g/mol. The van der Waals surface area contributed by atoms with Crippen molar-refractivity contribution in [2.45, 2.75) is 19.8 Å². The Kier molecular flexibility index (Phi) is 4.79. The molecule has 3 rings (SSSR count). The third-order valence-electron chi connectivity index (χ3n) is 4.00. The van der Waals surface area contributed by atoms with Crippen molar-refractivity contribution in [3.63, 3.8) is 0 Å². The molecule has 0 aliphatic carbocycles. The normalized spacial score (nSPS) is 10.7. The van der Waals surface area contributed by atoms with Crippen LogP contribution < -0.4 is 11.1 Å². The zero-order valence-corrected chi connectivity index (χ0v) is 14.5. The van der Waals surface area contributed by atoms with E-state index in [0.29, 0.717) is 28.6 Å². The van der Waals surface area contributed by atoms with Gasteiger partial charge in [0.15, 0.2) is 0 Å². The minimum atomic E-state index is -0.588. The molecule has 2 aromatic heterocycles. The van der Waals surface area contributed by atoms with E-state index in [1.807, 2.05) is 12.1 Å². The zero-order valence-electron chi connectivity index (χ0n) is 14.5. The Labute approximate surface area is 150 Å². The number of pyridine rings is 1. The fourth-order valence-electron chi connectivity index (χ4n) is 2.54. The predicted octanol–water partition coefficient (Wildman–Crippen LogP) is 2.95. The summed E-state index contributed by atoms with van der Waals surface area (Å²) < 4.78 is 0. The molecule has 2 amide bonds. The van der Waals surface area contributed by atoms with Gasteiger partial charge in [-0.15, -0.1) is 0 Å². The molecule has 4 N–H and O–H groups in total. The van der Waals surface area contributed by atoms with E-state index in [2.05, 4.69) is 34.1 Å². The predicted molar refractivity (Wildman–Crippen MR) is 98.8 cm³/mol. The first-order chi connectivity index (χ1) is 12.5. The summed E-state index contributed by atoms with van der Waals surface area (Å²) >= 11 is 0. The lowest BCUT2D eigenvalue weighted by molar-refractivity contribution is 0.0994. The Morgan fingerprint density at radius 3 is 2.50 bits per heavy atom. The van der Waals surface area contributed by atoms with Crippen LogP contribution in [0.4, 0.5) is 5.82 Å². The smallest absolute Gasteiger partial charge is 0.267 e. The summed E-state index contributed by atoms with van der Waals surface area (Å²) in [6.45, 7) is 4.16. The van der Waals surface area contributed by atoms with Gasteiger partial charge in [-0.25, -0.2) is 9.97 Å². The SMILES string of the molecule is CC(C)c1ccnc(NC(=O)c2ccc(-c3nc[nH]c3C(N)=O)cc2)c1. The molecule has 26 heavy (non-hydrogen) atoms. The van der Waals surface area contributed by atoms with Gasteiger partial charge in [0.2, 0.25) is 0 Å². The van der Waals surface area contributed by atoms with Gasteiger partial charge >= 0.3 is 0 Å². The van der Waals surface area contributed by atoms with Crippen molar-refractivity contribution in [1.29, 1.82) is 0 Å². The van der Waals surface area contributed by atoms with Crippen LogP contribution in [0.2, 0.25) is 0 Å². The van der Waals surface area contributed by atoms with Crippen molar-refractivity contribution < 1.29 is 9.59 Å². The quantitative estimate of drug-likeness (QED) is 0.657. The second-order valence-electron chi connectivity index (χ2n) is 6.15. The Hall–Kier alpha value is -3.48. The van der Waals surface area contributed by atoms with E-state index in [0.717, 1.165) is 5.56 Å². The van der Waals surface area contributed by atoms with Gasteiger partial charge in [0.05, 0.1) is 6.33 Å². The maximum atomic E-state index is 12.4. The molecule has 132 valence electrons. The van der Waals surface area contributed by atoms with Crippen molar-refractivity contribution in [3.05, 3.63) is 65.7 Å². The van der Waals surface area contributed by atoms with Crippen molar-refractivity contribution >= 4 is 17.6 Å². The van der Waals surface area contributed by atoms with E-state index in [1.165, 1.54) is 6.33 Å². The van der Waals surface area contributed by atoms with E-state index in [-0.39, 0.29) is 11.6 Å². The topological polar surface area (TPSA) is 114 Å². The number of carbonyl (C=O) groups is 2. The number of nitrogens with one attached hydrogen (secondary N) is 2. The summed E-state index contributed by atoms with van der Waals surface area (Å²) in [7, 11) is 0. The number of primary amides is 1. The number of H-pyrrole nitrogens is 1. The molecule has 7 heteroatoms. The first-order valence-electron chi connectivity index (χ1n) is 8.16. The first-order valence-corrected chi connectivity index (χ1v) is 8.16. The van der Waals surface area contributed by atoms with Crippen LogP contribution in [-0.4, -0.2) is 26.8 Å². The molecule has 0 bridgehead atoms. The molecular formula is C19H19N5O2. The molecular weight excluding hydrogens is 330 g/mol. The number of rotatable bonds is 5. The molecule has 0 aliphatic heterocycles. The fraction of sp³-hybridized carbons (Fsp3) is 0.158. The molecule has 0 saturated heterocycles. The van der Waals surface area contributed by atoms with Gasteiger partial charge in [0, 0.05) is 17.3 Å². The molecule has 0 unspecified atom stereocenters. The largest absolute Gasteiger partial charge is 0.364 e. The third kappa shape index (κ3) is 3.61. The van der Waals surface area contributed by atoms with Gasteiger partial charge in [-0.05, 0) is 35.7 Å². The third-order valence-corrected chi connectivity index (χ3v) is 4.00. The number of aromatic amines is 1. The highest BCUT2D eigenvalue weighted by Gasteiger charge is 2.14. The van der Waals surface area contributed by atoms with E-state index >= 15 is 0 Å². The van der Waals surface area contributed by atoms with Gasteiger partial charge in [0.1, 0.15) is 17.2 Å². The number of nitrogens with zero attached hydrogens (tertiary/aromatic N) is 2. The number of hydrogen-bond donors (Lipinski definition) is 3. The van der Waals surface area contributed by atoms with Crippen LogP contribution in [0, 0.1) is 0 Å². The average Bonchev–Trinajstić information content (AvgIpc) is 3.12. The molecule has 0 spiro atoms.